The largest absolute Gasteiger partial charge is 0.350 e. The molecule has 0 fully saturated rings. The van der Waals surface area contributed by atoms with Crippen molar-refractivity contribution in [3.05, 3.63) is 57.5 Å². The van der Waals surface area contributed by atoms with E-state index in [9.17, 15) is 4.79 Å². The summed E-state index contributed by atoms with van der Waals surface area (Å²) in [5.41, 5.74) is 2.30. The quantitative estimate of drug-likeness (QED) is 0.625. The monoisotopic (exact) mass is 318 g/mol. The Kier molecular flexibility index (Phi) is 4.61. The molecule has 0 saturated carbocycles. The molecule has 0 atom stereocenters. The molecule has 1 aliphatic heterocycles. The third-order valence-corrected chi connectivity index (χ3v) is 4.66. The maximum absolute atomic E-state index is 12.5. The standard InChI is InChI=1S/C16H18N2O3S/c1-20-15(21-2)13-12(10-11-6-4-3-5-7-11)14(19)17-16-18(13)8-9-22-16/h3-7,15H,8-10H2,1-2H3. The van der Waals surface area contributed by atoms with E-state index in [0.29, 0.717) is 12.0 Å². The number of fused-ring (bicyclic) bond motifs is 1. The van der Waals surface area contributed by atoms with Crippen molar-refractivity contribution < 1.29 is 9.47 Å². The van der Waals surface area contributed by atoms with E-state index in [-0.39, 0.29) is 5.56 Å². The second-order valence-corrected chi connectivity index (χ2v) is 6.09. The van der Waals surface area contributed by atoms with Gasteiger partial charge in [-0.1, -0.05) is 42.1 Å². The Morgan fingerprint density at radius 3 is 2.68 bits per heavy atom. The van der Waals surface area contributed by atoms with Crippen molar-refractivity contribution in [3.63, 3.8) is 0 Å². The van der Waals surface area contributed by atoms with Crippen LogP contribution in [-0.2, 0) is 22.4 Å². The molecule has 5 nitrogen and oxygen atoms in total. The van der Waals surface area contributed by atoms with Crippen molar-refractivity contribution in [2.75, 3.05) is 20.0 Å². The van der Waals surface area contributed by atoms with Crippen LogP contribution < -0.4 is 5.56 Å². The van der Waals surface area contributed by atoms with Gasteiger partial charge in [-0.05, 0) is 5.56 Å². The molecule has 6 heteroatoms. The SMILES string of the molecule is COC(OC)c1c(Cc2ccccc2)c(=O)nc2n1CCS2. The summed E-state index contributed by atoms with van der Waals surface area (Å²) in [7, 11) is 3.17. The maximum atomic E-state index is 12.5. The van der Waals surface area contributed by atoms with Gasteiger partial charge in [0.1, 0.15) is 0 Å². The first-order valence-corrected chi connectivity index (χ1v) is 8.09. The first kappa shape index (κ1) is 15.3. The van der Waals surface area contributed by atoms with Crippen molar-refractivity contribution in [2.45, 2.75) is 24.4 Å². The molecule has 22 heavy (non-hydrogen) atoms. The van der Waals surface area contributed by atoms with Crippen LogP contribution >= 0.6 is 11.8 Å². The maximum Gasteiger partial charge on any atom is 0.277 e. The molecule has 2 heterocycles. The molecule has 3 rings (SSSR count). The molecule has 0 N–H and O–H groups in total. The van der Waals surface area contributed by atoms with E-state index in [4.69, 9.17) is 9.47 Å². The van der Waals surface area contributed by atoms with Gasteiger partial charge in [0, 0.05) is 38.5 Å². The van der Waals surface area contributed by atoms with E-state index in [1.165, 1.54) is 0 Å². The Morgan fingerprint density at radius 2 is 2.00 bits per heavy atom. The average molecular weight is 318 g/mol. The molecule has 0 amide bonds. The summed E-state index contributed by atoms with van der Waals surface area (Å²) in [5, 5.41) is 0.746. The van der Waals surface area contributed by atoms with E-state index < -0.39 is 6.29 Å². The fourth-order valence-corrected chi connectivity index (χ4v) is 3.65. The Labute approximate surface area is 133 Å². The lowest BCUT2D eigenvalue weighted by Gasteiger charge is -2.21. The Balaban J connectivity index is 2.13. The van der Waals surface area contributed by atoms with Gasteiger partial charge in [0.2, 0.25) is 0 Å². The highest BCUT2D eigenvalue weighted by molar-refractivity contribution is 7.99. The number of rotatable bonds is 5. The van der Waals surface area contributed by atoms with Crippen molar-refractivity contribution in [1.29, 1.82) is 0 Å². The molecule has 1 aromatic carbocycles. The van der Waals surface area contributed by atoms with Gasteiger partial charge < -0.3 is 14.0 Å². The highest BCUT2D eigenvalue weighted by Crippen LogP contribution is 2.30. The van der Waals surface area contributed by atoms with Gasteiger partial charge in [0.05, 0.1) is 5.69 Å². The lowest BCUT2D eigenvalue weighted by atomic mass is 10.0. The lowest BCUT2D eigenvalue weighted by molar-refractivity contribution is -0.111. The minimum absolute atomic E-state index is 0.196. The van der Waals surface area contributed by atoms with Crippen LogP contribution in [-0.4, -0.2) is 29.5 Å². The van der Waals surface area contributed by atoms with Gasteiger partial charge in [-0.2, -0.15) is 4.98 Å². The highest BCUT2D eigenvalue weighted by Gasteiger charge is 2.26. The van der Waals surface area contributed by atoms with Crippen LogP contribution in [0.1, 0.15) is 23.1 Å². The van der Waals surface area contributed by atoms with Crippen molar-refractivity contribution in [3.8, 4) is 0 Å². The molecule has 116 valence electrons. The third-order valence-electron chi connectivity index (χ3n) is 3.71. The molecule has 0 aliphatic carbocycles. The summed E-state index contributed by atoms with van der Waals surface area (Å²) < 4.78 is 12.9. The topological polar surface area (TPSA) is 53.4 Å². The van der Waals surface area contributed by atoms with Gasteiger partial charge in [-0.25, -0.2) is 0 Å². The van der Waals surface area contributed by atoms with Gasteiger partial charge in [-0.3, -0.25) is 4.79 Å². The molecule has 0 radical (unpaired) electrons. The lowest BCUT2D eigenvalue weighted by Crippen LogP contribution is -2.26. The van der Waals surface area contributed by atoms with E-state index >= 15 is 0 Å². The van der Waals surface area contributed by atoms with Crippen LogP contribution in [0.25, 0.3) is 0 Å². The van der Waals surface area contributed by atoms with E-state index in [1.807, 2.05) is 34.9 Å². The summed E-state index contributed by atoms with van der Waals surface area (Å²) in [5.74, 6) is 0.911. The predicted molar refractivity (Wildman–Crippen MR) is 85.2 cm³/mol. The first-order chi connectivity index (χ1) is 10.7. The molecule has 0 bridgehead atoms. The molecular formula is C16H18N2O3S. The molecule has 0 spiro atoms. The van der Waals surface area contributed by atoms with Gasteiger partial charge in [0.25, 0.3) is 5.56 Å². The van der Waals surface area contributed by atoms with Gasteiger partial charge in [-0.15, -0.1) is 0 Å². The van der Waals surface area contributed by atoms with E-state index in [2.05, 4.69) is 4.98 Å². The predicted octanol–water partition coefficient (Wildman–Crippen LogP) is 2.23. The molecular weight excluding hydrogens is 300 g/mol. The van der Waals surface area contributed by atoms with E-state index in [1.54, 1.807) is 26.0 Å². The minimum atomic E-state index is -0.563. The van der Waals surface area contributed by atoms with Crippen molar-refractivity contribution in [1.82, 2.24) is 9.55 Å². The second-order valence-electron chi connectivity index (χ2n) is 5.03. The zero-order chi connectivity index (χ0) is 15.5. The Bertz CT molecular complexity index is 711. The van der Waals surface area contributed by atoms with E-state index in [0.717, 1.165) is 28.7 Å². The van der Waals surface area contributed by atoms with Crippen LogP contribution in [0.2, 0.25) is 0 Å². The number of hydrogen-bond donors (Lipinski definition) is 0. The van der Waals surface area contributed by atoms with Gasteiger partial charge in [0.15, 0.2) is 11.4 Å². The smallest absolute Gasteiger partial charge is 0.277 e. The van der Waals surface area contributed by atoms with Crippen LogP contribution in [0.5, 0.6) is 0 Å². The van der Waals surface area contributed by atoms with Gasteiger partial charge >= 0.3 is 0 Å². The molecule has 1 aliphatic rings. The van der Waals surface area contributed by atoms with Crippen LogP contribution in [0.4, 0.5) is 0 Å². The Hall–Kier alpha value is -1.63. The number of ether oxygens (including phenoxy) is 2. The number of aromatic nitrogens is 2. The molecule has 0 unspecified atom stereocenters. The normalized spacial score (nSPS) is 13.6. The minimum Gasteiger partial charge on any atom is -0.350 e. The zero-order valence-corrected chi connectivity index (χ0v) is 13.4. The number of nitrogens with zero attached hydrogens (tertiary/aromatic N) is 2. The third kappa shape index (κ3) is 2.82. The number of methoxy groups -OCH3 is 2. The number of benzene rings is 1. The average Bonchev–Trinajstić information content (AvgIpc) is 2.99. The second kappa shape index (κ2) is 6.64. The van der Waals surface area contributed by atoms with Crippen LogP contribution in [0, 0.1) is 0 Å². The van der Waals surface area contributed by atoms with Crippen molar-refractivity contribution in [2.24, 2.45) is 0 Å². The summed E-state index contributed by atoms with van der Waals surface area (Å²) in [4.78, 5) is 16.7. The summed E-state index contributed by atoms with van der Waals surface area (Å²) in [6.07, 6.45) is -0.0391. The van der Waals surface area contributed by atoms with Crippen LogP contribution in [0.15, 0.2) is 40.3 Å². The zero-order valence-electron chi connectivity index (χ0n) is 12.6. The van der Waals surface area contributed by atoms with Crippen LogP contribution in [0.3, 0.4) is 0 Å². The summed E-state index contributed by atoms with van der Waals surface area (Å²) in [6, 6.07) is 9.90. The highest BCUT2D eigenvalue weighted by atomic mass is 32.2. The molecule has 2 aromatic rings. The van der Waals surface area contributed by atoms with Crippen molar-refractivity contribution >= 4 is 11.8 Å². The number of hydrogen-bond acceptors (Lipinski definition) is 5. The molecule has 0 saturated heterocycles. The summed E-state index contributed by atoms with van der Waals surface area (Å²) in [6.45, 7) is 0.813. The fraction of sp³-hybridized carbons (Fsp3) is 0.375. The number of thioether (sulfide) groups is 1. The summed E-state index contributed by atoms with van der Waals surface area (Å²) >= 11 is 1.59. The fourth-order valence-electron chi connectivity index (χ4n) is 2.70. The Morgan fingerprint density at radius 1 is 1.27 bits per heavy atom. The molecule has 1 aromatic heterocycles. The first-order valence-electron chi connectivity index (χ1n) is 7.10.